The molecule has 0 spiro atoms. The van der Waals surface area contributed by atoms with E-state index in [4.69, 9.17) is 4.74 Å². The molecule has 0 atom stereocenters. The largest absolute Gasteiger partial charge is 0.495 e. The summed E-state index contributed by atoms with van der Waals surface area (Å²) in [6.07, 6.45) is 0. The highest BCUT2D eigenvalue weighted by Gasteiger charge is 2.25. The molecule has 0 fully saturated rings. The smallest absolute Gasteiger partial charge is 0.246 e. The first-order valence-corrected chi connectivity index (χ1v) is 7.73. The molecule has 0 aliphatic heterocycles. The fourth-order valence-electron chi connectivity index (χ4n) is 1.95. The average Bonchev–Trinajstić information content (AvgIpc) is 2.48. The van der Waals surface area contributed by atoms with Gasteiger partial charge in [-0.2, -0.15) is 4.31 Å². The highest BCUT2D eigenvalue weighted by Crippen LogP contribution is 2.27. The molecule has 0 saturated carbocycles. The molecule has 6 heteroatoms. The standard InChI is InChI=1S/C15H16FNO3S/c1-17(11-12-6-4-3-5-7-12)21(18,19)15-10-13(16)8-9-14(15)20-2/h3-10H,11H2,1-2H3. The van der Waals surface area contributed by atoms with Crippen molar-refractivity contribution in [2.24, 2.45) is 0 Å². The third-order valence-corrected chi connectivity index (χ3v) is 4.89. The second kappa shape index (κ2) is 6.24. The quantitative estimate of drug-likeness (QED) is 0.853. The van der Waals surface area contributed by atoms with Gasteiger partial charge in [0.05, 0.1) is 7.11 Å². The second-order valence-electron chi connectivity index (χ2n) is 4.54. The van der Waals surface area contributed by atoms with Gasteiger partial charge in [-0.25, -0.2) is 12.8 Å². The van der Waals surface area contributed by atoms with Gasteiger partial charge < -0.3 is 4.74 Å². The van der Waals surface area contributed by atoms with Crippen LogP contribution in [0.2, 0.25) is 0 Å². The fraction of sp³-hybridized carbons (Fsp3) is 0.200. The van der Waals surface area contributed by atoms with Gasteiger partial charge >= 0.3 is 0 Å². The Morgan fingerprint density at radius 3 is 2.43 bits per heavy atom. The van der Waals surface area contributed by atoms with Gasteiger partial charge in [-0.05, 0) is 23.8 Å². The van der Waals surface area contributed by atoms with Crippen molar-refractivity contribution in [3.05, 3.63) is 59.9 Å². The lowest BCUT2D eigenvalue weighted by molar-refractivity contribution is 0.395. The van der Waals surface area contributed by atoms with Gasteiger partial charge in [0, 0.05) is 13.6 Å². The van der Waals surface area contributed by atoms with Crippen LogP contribution >= 0.6 is 0 Å². The zero-order valence-corrected chi connectivity index (χ0v) is 12.6. The summed E-state index contributed by atoms with van der Waals surface area (Å²) in [6.45, 7) is 0.197. The summed E-state index contributed by atoms with van der Waals surface area (Å²) >= 11 is 0. The van der Waals surface area contributed by atoms with E-state index in [0.717, 1.165) is 17.7 Å². The van der Waals surface area contributed by atoms with Crippen LogP contribution in [-0.2, 0) is 16.6 Å². The number of methoxy groups -OCH3 is 1. The van der Waals surface area contributed by atoms with Gasteiger partial charge in [-0.3, -0.25) is 0 Å². The van der Waals surface area contributed by atoms with Crippen LogP contribution in [0.5, 0.6) is 5.75 Å². The van der Waals surface area contributed by atoms with Crippen molar-refractivity contribution >= 4 is 10.0 Å². The molecule has 0 radical (unpaired) electrons. The number of benzene rings is 2. The Bertz CT molecular complexity index is 717. The Kier molecular flexibility index (Phi) is 4.59. The molecule has 2 rings (SSSR count). The van der Waals surface area contributed by atoms with Gasteiger partial charge in [0.25, 0.3) is 0 Å². The Morgan fingerprint density at radius 2 is 1.81 bits per heavy atom. The van der Waals surface area contributed by atoms with Gasteiger partial charge in [-0.1, -0.05) is 30.3 Å². The molecule has 21 heavy (non-hydrogen) atoms. The maximum atomic E-state index is 13.4. The molecule has 0 heterocycles. The van der Waals surface area contributed by atoms with Crippen molar-refractivity contribution in [2.45, 2.75) is 11.4 Å². The summed E-state index contributed by atoms with van der Waals surface area (Å²) in [6, 6.07) is 12.6. The summed E-state index contributed by atoms with van der Waals surface area (Å²) in [5, 5.41) is 0. The summed E-state index contributed by atoms with van der Waals surface area (Å²) in [5.41, 5.74) is 0.846. The zero-order chi connectivity index (χ0) is 15.5. The van der Waals surface area contributed by atoms with E-state index in [2.05, 4.69) is 0 Å². The van der Waals surface area contributed by atoms with Gasteiger partial charge in [0.2, 0.25) is 10.0 Å². The van der Waals surface area contributed by atoms with Crippen molar-refractivity contribution in [1.82, 2.24) is 4.31 Å². The number of nitrogens with zero attached hydrogens (tertiary/aromatic N) is 1. The lowest BCUT2D eigenvalue weighted by Gasteiger charge is -2.19. The number of rotatable bonds is 5. The molecule has 0 aromatic heterocycles. The highest BCUT2D eigenvalue weighted by molar-refractivity contribution is 7.89. The first-order chi connectivity index (χ1) is 9.95. The summed E-state index contributed by atoms with van der Waals surface area (Å²) in [7, 11) is -1.03. The van der Waals surface area contributed by atoms with E-state index < -0.39 is 15.8 Å². The minimum absolute atomic E-state index is 0.122. The first-order valence-electron chi connectivity index (χ1n) is 6.29. The normalized spacial score (nSPS) is 11.6. The van der Waals surface area contributed by atoms with E-state index in [1.807, 2.05) is 30.3 Å². The summed E-state index contributed by atoms with van der Waals surface area (Å²) < 4.78 is 44.6. The molecule has 4 nitrogen and oxygen atoms in total. The maximum Gasteiger partial charge on any atom is 0.246 e. The van der Waals surface area contributed by atoms with Crippen LogP contribution in [0.1, 0.15) is 5.56 Å². The molecule has 0 unspecified atom stereocenters. The predicted octanol–water partition coefficient (Wildman–Crippen LogP) is 2.66. The van der Waals surface area contributed by atoms with Crippen LogP contribution < -0.4 is 4.74 Å². The monoisotopic (exact) mass is 309 g/mol. The average molecular weight is 309 g/mol. The Balaban J connectivity index is 2.35. The Labute approximate surface area is 123 Å². The lowest BCUT2D eigenvalue weighted by Crippen LogP contribution is -2.27. The molecule has 2 aromatic rings. The molecular formula is C15H16FNO3S. The molecule has 0 N–H and O–H groups in total. The molecule has 0 aliphatic carbocycles. The summed E-state index contributed by atoms with van der Waals surface area (Å²) in [4.78, 5) is -0.177. The van der Waals surface area contributed by atoms with Crippen LogP contribution in [0, 0.1) is 5.82 Å². The molecule has 112 valence electrons. The third-order valence-electron chi connectivity index (χ3n) is 3.06. The van der Waals surface area contributed by atoms with Gasteiger partial charge in [0.15, 0.2) is 0 Å². The van der Waals surface area contributed by atoms with E-state index in [-0.39, 0.29) is 17.2 Å². The van der Waals surface area contributed by atoms with Crippen molar-refractivity contribution in [3.63, 3.8) is 0 Å². The fourth-order valence-corrected chi connectivity index (χ4v) is 3.27. The highest BCUT2D eigenvalue weighted by atomic mass is 32.2. The third kappa shape index (κ3) is 3.40. The van der Waals surface area contributed by atoms with Crippen LogP contribution in [0.4, 0.5) is 4.39 Å². The molecule has 0 aliphatic rings. The molecule has 0 amide bonds. The topological polar surface area (TPSA) is 46.6 Å². The number of sulfonamides is 1. The summed E-state index contributed by atoms with van der Waals surface area (Å²) in [5.74, 6) is -0.501. The van der Waals surface area contributed by atoms with Crippen molar-refractivity contribution in [1.29, 1.82) is 0 Å². The molecular weight excluding hydrogens is 293 g/mol. The lowest BCUT2D eigenvalue weighted by atomic mass is 10.2. The van der Waals surface area contributed by atoms with E-state index in [1.165, 1.54) is 24.5 Å². The van der Waals surface area contributed by atoms with Crippen molar-refractivity contribution in [3.8, 4) is 5.75 Å². The van der Waals surface area contributed by atoms with Crippen LogP contribution in [0.3, 0.4) is 0 Å². The molecule has 0 saturated heterocycles. The van der Waals surface area contributed by atoms with E-state index in [9.17, 15) is 12.8 Å². The molecule has 0 bridgehead atoms. The second-order valence-corrected chi connectivity index (χ2v) is 6.56. The number of halogens is 1. The maximum absolute atomic E-state index is 13.4. The van der Waals surface area contributed by atoms with Crippen LogP contribution in [0.15, 0.2) is 53.4 Å². The van der Waals surface area contributed by atoms with E-state index >= 15 is 0 Å². The zero-order valence-electron chi connectivity index (χ0n) is 11.8. The number of hydrogen-bond acceptors (Lipinski definition) is 3. The minimum atomic E-state index is -3.83. The SMILES string of the molecule is COc1ccc(F)cc1S(=O)(=O)N(C)Cc1ccccc1. The predicted molar refractivity (Wildman–Crippen MR) is 78.0 cm³/mol. The Hall–Kier alpha value is -1.92. The number of ether oxygens (including phenoxy) is 1. The minimum Gasteiger partial charge on any atom is -0.495 e. The van der Waals surface area contributed by atoms with Crippen molar-refractivity contribution < 1.29 is 17.5 Å². The Morgan fingerprint density at radius 1 is 1.14 bits per heavy atom. The molecule has 2 aromatic carbocycles. The van der Waals surface area contributed by atoms with Crippen LogP contribution in [0.25, 0.3) is 0 Å². The van der Waals surface area contributed by atoms with Crippen LogP contribution in [-0.4, -0.2) is 26.9 Å². The van der Waals surface area contributed by atoms with E-state index in [1.54, 1.807) is 0 Å². The van der Waals surface area contributed by atoms with E-state index in [0.29, 0.717) is 0 Å². The number of hydrogen-bond donors (Lipinski definition) is 0. The van der Waals surface area contributed by atoms with Gasteiger partial charge in [-0.15, -0.1) is 0 Å². The van der Waals surface area contributed by atoms with Gasteiger partial charge in [0.1, 0.15) is 16.5 Å². The first kappa shape index (κ1) is 15.5. The van der Waals surface area contributed by atoms with Crippen molar-refractivity contribution in [2.75, 3.05) is 14.2 Å².